The summed E-state index contributed by atoms with van der Waals surface area (Å²) in [7, 11) is 0. The van der Waals surface area contributed by atoms with E-state index in [4.69, 9.17) is 5.73 Å². The molecule has 0 radical (unpaired) electrons. The number of carbonyl (C=O) groups excluding carboxylic acids is 1. The molecule has 1 aliphatic heterocycles. The van der Waals surface area contributed by atoms with Gasteiger partial charge in [0.05, 0.1) is 6.04 Å². The van der Waals surface area contributed by atoms with Crippen LogP contribution in [0.1, 0.15) is 25.7 Å². The van der Waals surface area contributed by atoms with Crippen molar-refractivity contribution in [2.24, 2.45) is 5.73 Å². The van der Waals surface area contributed by atoms with E-state index in [2.05, 4.69) is 10.2 Å². The van der Waals surface area contributed by atoms with E-state index < -0.39 is 0 Å². The van der Waals surface area contributed by atoms with E-state index in [9.17, 15) is 4.79 Å². The molecule has 0 aromatic rings. The lowest BCUT2D eigenvalue weighted by molar-refractivity contribution is -0.125. The largest absolute Gasteiger partial charge is 0.355 e. The Morgan fingerprint density at radius 3 is 2.93 bits per heavy atom. The molecule has 1 aliphatic carbocycles. The van der Waals surface area contributed by atoms with Gasteiger partial charge in [-0.05, 0) is 32.2 Å². The molecular weight excluding hydrogens is 178 g/mol. The monoisotopic (exact) mass is 197 g/mol. The molecule has 3 N–H and O–H groups in total. The van der Waals surface area contributed by atoms with E-state index in [0.717, 1.165) is 25.9 Å². The zero-order valence-electron chi connectivity index (χ0n) is 8.54. The van der Waals surface area contributed by atoms with E-state index in [-0.39, 0.29) is 11.9 Å². The molecule has 1 saturated carbocycles. The van der Waals surface area contributed by atoms with Gasteiger partial charge in [0.25, 0.3) is 0 Å². The maximum absolute atomic E-state index is 11.7. The predicted molar refractivity (Wildman–Crippen MR) is 54.8 cm³/mol. The van der Waals surface area contributed by atoms with Crippen LogP contribution in [0, 0.1) is 0 Å². The van der Waals surface area contributed by atoms with Crippen molar-refractivity contribution in [3.05, 3.63) is 0 Å². The van der Waals surface area contributed by atoms with Crippen LogP contribution < -0.4 is 11.1 Å². The highest BCUT2D eigenvalue weighted by atomic mass is 16.2. The lowest BCUT2D eigenvalue weighted by Crippen LogP contribution is -2.46. The Labute approximate surface area is 84.8 Å². The predicted octanol–water partition coefficient (Wildman–Crippen LogP) is -0.312. The minimum atomic E-state index is 0.0370. The van der Waals surface area contributed by atoms with Gasteiger partial charge in [0.2, 0.25) is 5.91 Å². The van der Waals surface area contributed by atoms with Crippen molar-refractivity contribution in [3.63, 3.8) is 0 Å². The normalized spacial score (nSPS) is 29.8. The molecule has 0 spiro atoms. The second-order valence-electron chi connectivity index (χ2n) is 4.21. The number of carbonyl (C=O) groups is 1. The number of hydrogen-bond donors (Lipinski definition) is 2. The third-order valence-electron chi connectivity index (χ3n) is 3.05. The van der Waals surface area contributed by atoms with E-state index >= 15 is 0 Å². The van der Waals surface area contributed by atoms with Crippen LogP contribution in [0.2, 0.25) is 0 Å². The van der Waals surface area contributed by atoms with Crippen LogP contribution in [0.5, 0.6) is 0 Å². The van der Waals surface area contributed by atoms with Gasteiger partial charge in [0, 0.05) is 19.1 Å². The Kier molecular flexibility index (Phi) is 3.03. The van der Waals surface area contributed by atoms with Crippen LogP contribution >= 0.6 is 0 Å². The molecule has 2 fully saturated rings. The first kappa shape index (κ1) is 9.93. The number of rotatable bonds is 3. The lowest BCUT2D eigenvalue weighted by Gasteiger charge is -2.27. The van der Waals surface area contributed by atoms with Crippen LogP contribution in [-0.2, 0) is 4.79 Å². The van der Waals surface area contributed by atoms with E-state index in [0.29, 0.717) is 12.6 Å². The smallest absolute Gasteiger partial charge is 0.237 e. The Bertz CT molecular complexity index is 215. The minimum Gasteiger partial charge on any atom is -0.355 e. The number of nitrogens with zero attached hydrogens (tertiary/aromatic N) is 1. The maximum atomic E-state index is 11.7. The highest BCUT2D eigenvalue weighted by molar-refractivity contribution is 5.82. The van der Waals surface area contributed by atoms with Crippen LogP contribution in [0.15, 0.2) is 0 Å². The number of hydrogen-bond acceptors (Lipinski definition) is 3. The first-order valence-electron chi connectivity index (χ1n) is 5.56. The summed E-state index contributed by atoms with van der Waals surface area (Å²) in [5.41, 5.74) is 5.55. The number of amides is 1. The molecule has 14 heavy (non-hydrogen) atoms. The SMILES string of the molecule is NCCC1C(=O)NCCCN1C1CC1. The van der Waals surface area contributed by atoms with Crippen molar-refractivity contribution in [2.75, 3.05) is 19.6 Å². The van der Waals surface area contributed by atoms with Gasteiger partial charge < -0.3 is 11.1 Å². The molecule has 1 saturated heterocycles. The summed E-state index contributed by atoms with van der Waals surface area (Å²) in [6.07, 6.45) is 4.38. The van der Waals surface area contributed by atoms with Crippen molar-refractivity contribution in [3.8, 4) is 0 Å². The van der Waals surface area contributed by atoms with Gasteiger partial charge in [-0.1, -0.05) is 0 Å². The summed E-state index contributed by atoms with van der Waals surface area (Å²) in [6.45, 7) is 2.47. The molecule has 80 valence electrons. The van der Waals surface area contributed by atoms with Gasteiger partial charge in [-0.25, -0.2) is 0 Å². The van der Waals surface area contributed by atoms with Crippen molar-refractivity contribution < 1.29 is 4.79 Å². The summed E-state index contributed by atoms with van der Waals surface area (Å²) in [4.78, 5) is 14.1. The quantitative estimate of drug-likeness (QED) is 0.652. The second kappa shape index (κ2) is 4.28. The summed E-state index contributed by atoms with van der Waals surface area (Å²) in [5, 5.41) is 2.96. The Morgan fingerprint density at radius 2 is 2.29 bits per heavy atom. The zero-order chi connectivity index (χ0) is 9.97. The van der Waals surface area contributed by atoms with Crippen molar-refractivity contribution >= 4 is 5.91 Å². The van der Waals surface area contributed by atoms with Crippen molar-refractivity contribution in [1.82, 2.24) is 10.2 Å². The first-order valence-corrected chi connectivity index (χ1v) is 5.56. The van der Waals surface area contributed by atoms with Gasteiger partial charge in [-0.15, -0.1) is 0 Å². The molecule has 2 aliphatic rings. The molecule has 4 heteroatoms. The average Bonchev–Trinajstić information content (AvgIpc) is 2.96. The van der Waals surface area contributed by atoms with Crippen LogP contribution in [0.3, 0.4) is 0 Å². The third-order valence-corrected chi connectivity index (χ3v) is 3.05. The molecule has 0 aromatic heterocycles. The fraction of sp³-hybridized carbons (Fsp3) is 0.900. The fourth-order valence-corrected chi connectivity index (χ4v) is 2.20. The summed E-state index contributed by atoms with van der Waals surface area (Å²) >= 11 is 0. The van der Waals surface area contributed by atoms with Gasteiger partial charge in [-0.3, -0.25) is 9.69 Å². The van der Waals surface area contributed by atoms with Crippen molar-refractivity contribution in [2.45, 2.75) is 37.8 Å². The third kappa shape index (κ3) is 2.07. The van der Waals surface area contributed by atoms with Gasteiger partial charge in [0.15, 0.2) is 0 Å². The highest BCUT2D eigenvalue weighted by Gasteiger charge is 2.37. The van der Waals surface area contributed by atoms with Crippen LogP contribution in [-0.4, -0.2) is 42.5 Å². The van der Waals surface area contributed by atoms with Gasteiger partial charge in [0.1, 0.15) is 0 Å². The Balaban J connectivity index is 2.04. The zero-order valence-corrected chi connectivity index (χ0v) is 8.54. The van der Waals surface area contributed by atoms with E-state index in [1.54, 1.807) is 0 Å². The van der Waals surface area contributed by atoms with Crippen LogP contribution in [0.4, 0.5) is 0 Å². The molecule has 4 nitrogen and oxygen atoms in total. The second-order valence-corrected chi connectivity index (χ2v) is 4.21. The molecular formula is C10H19N3O. The lowest BCUT2D eigenvalue weighted by atomic mass is 10.1. The van der Waals surface area contributed by atoms with E-state index in [1.807, 2.05) is 0 Å². The number of nitrogens with two attached hydrogens (primary N) is 1. The summed E-state index contributed by atoms with van der Waals surface area (Å²) in [5.74, 6) is 0.180. The molecule has 1 amide bonds. The summed E-state index contributed by atoms with van der Waals surface area (Å²) < 4.78 is 0. The number of nitrogens with one attached hydrogen (secondary N) is 1. The molecule has 0 aromatic carbocycles. The topological polar surface area (TPSA) is 58.4 Å². The Morgan fingerprint density at radius 1 is 1.50 bits per heavy atom. The highest BCUT2D eigenvalue weighted by Crippen LogP contribution is 2.30. The molecule has 1 atom stereocenters. The molecule has 1 heterocycles. The average molecular weight is 197 g/mol. The standard InChI is InChI=1S/C10H19N3O/c11-5-4-9-10(14)12-6-1-7-13(9)8-2-3-8/h8-9H,1-7,11H2,(H,12,14). The van der Waals surface area contributed by atoms with E-state index in [1.165, 1.54) is 12.8 Å². The first-order chi connectivity index (χ1) is 6.83. The summed E-state index contributed by atoms with van der Waals surface area (Å²) in [6, 6.07) is 0.699. The Hall–Kier alpha value is -0.610. The molecule has 2 rings (SSSR count). The molecule has 0 bridgehead atoms. The van der Waals surface area contributed by atoms with Crippen molar-refractivity contribution in [1.29, 1.82) is 0 Å². The minimum absolute atomic E-state index is 0.0370. The van der Waals surface area contributed by atoms with Gasteiger partial charge in [-0.2, -0.15) is 0 Å². The van der Waals surface area contributed by atoms with Gasteiger partial charge >= 0.3 is 0 Å². The fourth-order valence-electron chi connectivity index (χ4n) is 2.20. The van der Waals surface area contributed by atoms with Crippen LogP contribution in [0.25, 0.3) is 0 Å². The molecule has 1 unspecified atom stereocenters. The maximum Gasteiger partial charge on any atom is 0.237 e.